The molecule has 3 heterocycles. The van der Waals surface area contributed by atoms with E-state index in [9.17, 15) is 9.18 Å². The van der Waals surface area contributed by atoms with E-state index in [2.05, 4.69) is 25.0 Å². The van der Waals surface area contributed by atoms with Crippen LogP contribution in [0.1, 0.15) is 71.1 Å². The first kappa shape index (κ1) is 36.8. The van der Waals surface area contributed by atoms with Crippen LogP contribution in [0.5, 0.6) is 5.75 Å². The number of nitrogens with zero attached hydrogens (tertiary/aromatic N) is 3. The molecule has 0 amide bonds. The maximum Gasteiger partial charge on any atom is 0.339 e. The lowest BCUT2D eigenvalue weighted by atomic mass is 9.91. The lowest BCUT2D eigenvalue weighted by Gasteiger charge is -2.41. The number of rotatable bonds is 13. The molecule has 2 aromatic carbocycles. The highest BCUT2D eigenvalue weighted by Crippen LogP contribution is 2.42. The summed E-state index contributed by atoms with van der Waals surface area (Å²) in [5.74, 6) is -0.218. The summed E-state index contributed by atoms with van der Waals surface area (Å²) in [5, 5.41) is 5.04. The maximum atomic E-state index is 14.6. The Balaban J connectivity index is 1.64. The number of carbonyl (C=O) groups is 1. The highest BCUT2D eigenvalue weighted by molar-refractivity contribution is 5.88. The van der Waals surface area contributed by atoms with Gasteiger partial charge in [0.05, 0.1) is 47.9 Å². The van der Waals surface area contributed by atoms with E-state index in [0.29, 0.717) is 37.4 Å². The Labute approximate surface area is 295 Å². The minimum Gasteiger partial charge on any atom is -0.490 e. The average Bonchev–Trinajstić information content (AvgIpc) is 3.50. The molecule has 2 unspecified atom stereocenters. The average molecular weight is 684 g/mol. The van der Waals surface area contributed by atoms with Crippen molar-refractivity contribution in [3.05, 3.63) is 97.0 Å². The SMILES string of the molecule is C=CCOC1(C)CCN(c2c(C(OC(C)(C)C)C(=O)OC)c(C)cn3nc(-c4cccc(-c5cc(F)ccc5OC(C)CC=C)c4)cc23)CC1. The number of anilines is 1. The van der Waals surface area contributed by atoms with Gasteiger partial charge in [0.15, 0.2) is 6.10 Å². The number of aromatic nitrogens is 2. The number of esters is 1. The topological polar surface area (TPSA) is 74.5 Å². The van der Waals surface area contributed by atoms with Crippen molar-refractivity contribution in [3.63, 3.8) is 0 Å². The molecule has 8 nitrogen and oxygen atoms in total. The third kappa shape index (κ3) is 8.28. The molecule has 0 bridgehead atoms. The fourth-order valence-corrected chi connectivity index (χ4v) is 6.52. The van der Waals surface area contributed by atoms with Crippen LogP contribution in [0.2, 0.25) is 0 Å². The molecule has 2 aromatic heterocycles. The molecule has 0 spiro atoms. The second-order valence-corrected chi connectivity index (χ2v) is 14.3. The summed E-state index contributed by atoms with van der Waals surface area (Å²) in [6.07, 6.45) is 6.68. The number of benzene rings is 2. The van der Waals surface area contributed by atoms with Gasteiger partial charge in [-0.3, -0.25) is 0 Å². The van der Waals surface area contributed by atoms with Gasteiger partial charge in [0.2, 0.25) is 0 Å². The largest absolute Gasteiger partial charge is 0.490 e. The molecule has 1 fully saturated rings. The van der Waals surface area contributed by atoms with Gasteiger partial charge >= 0.3 is 5.97 Å². The van der Waals surface area contributed by atoms with Gasteiger partial charge in [-0.1, -0.05) is 30.4 Å². The normalized spacial score (nSPS) is 15.8. The van der Waals surface area contributed by atoms with Gasteiger partial charge in [-0.15, -0.1) is 13.2 Å². The number of carbonyl (C=O) groups excluding carboxylic acids is 1. The monoisotopic (exact) mass is 683 g/mol. The quantitative estimate of drug-likeness (QED) is 0.103. The number of hydrogen-bond donors (Lipinski definition) is 0. The van der Waals surface area contributed by atoms with Gasteiger partial charge < -0.3 is 23.8 Å². The standard InChI is InChI=1S/C41H50FN3O5/c1-10-13-28(4)49-35-17-16-31(42)24-32(35)29-14-12-15-30(23-29)33-25-34-37(44-20-18-41(8,19-21-44)48-22-11-2)36(27(3)26-45(34)43-33)38(39(46)47-9)50-40(5,6)7/h10-12,14-17,23-26,28,38H,1-2,13,18-22H2,3-9H3. The van der Waals surface area contributed by atoms with Crippen LogP contribution < -0.4 is 9.64 Å². The van der Waals surface area contributed by atoms with Crippen LogP contribution >= 0.6 is 0 Å². The molecule has 5 rings (SSSR count). The van der Waals surface area contributed by atoms with Crippen LogP contribution in [-0.4, -0.2) is 59.7 Å². The second kappa shape index (κ2) is 15.2. The summed E-state index contributed by atoms with van der Waals surface area (Å²) >= 11 is 0. The predicted octanol–water partition coefficient (Wildman–Crippen LogP) is 9.05. The molecule has 0 saturated carbocycles. The zero-order valence-corrected chi connectivity index (χ0v) is 30.4. The lowest BCUT2D eigenvalue weighted by Crippen LogP contribution is -2.45. The molecule has 4 aromatic rings. The number of halogens is 1. The van der Waals surface area contributed by atoms with Crippen molar-refractivity contribution in [1.29, 1.82) is 0 Å². The van der Waals surface area contributed by atoms with Crippen LogP contribution in [0.4, 0.5) is 10.1 Å². The molecule has 2 atom stereocenters. The number of pyridine rings is 1. The van der Waals surface area contributed by atoms with E-state index in [1.165, 1.54) is 19.2 Å². The van der Waals surface area contributed by atoms with E-state index in [-0.39, 0.29) is 17.5 Å². The number of methoxy groups -OCH3 is 1. The smallest absolute Gasteiger partial charge is 0.339 e. The highest BCUT2D eigenvalue weighted by atomic mass is 19.1. The first-order valence-electron chi connectivity index (χ1n) is 17.2. The van der Waals surface area contributed by atoms with Crippen molar-refractivity contribution >= 4 is 17.2 Å². The minimum absolute atomic E-state index is 0.119. The van der Waals surface area contributed by atoms with Crippen molar-refractivity contribution < 1.29 is 28.1 Å². The Kier molecular flexibility index (Phi) is 11.2. The minimum atomic E-state index is -0.957. The van der Waals surface area contributed by atoms with E-state index in [1.807, 2.05) is 75.7 Å². The van der Waals surface area contributed by atoms with E-state index in [4.69, 9.17) is 24.0 Å². The van der Waals surface area contributed by atoms with Gasteiger partial charge in [0.25, 0.3) is 0 Å². The fourth-order valence-electron chi connectivity index (χ4n) is 6.52. The Morgan fingerprint density at radius 3 is 2.46 bits per heavy atom. The molecule has 1 aliphatic rings. The Morgan fingerprint density at radius 1 is 1.08 bits per heavy atom. The third-order valence-corrected chi connectivity index (χ3v) is 9.05. The Morgan fingerprint density at radius 2 is 1.80 bits per heavy atom. The van der Waals surface area contributed by atoms with Crippen molar-refractivity contribution in [2.45, 2.75) is 84.2 Å². The van der Waals surface area contributed by atoms with Gasteiger partial charge in [0.1, 0.15) is 11.6 Å². The molecule has 0 aliphatic carbocycles. The van der Waals surface area contributed by atoms with Gasteiger partial charge in [-0.05, 0) is 95.8 Å². The van der Waals surface area contributed by atoms with Gasteiger partial charge in [-0.25, -0.2) is 13.7 Å². The number of hydrogen-bond acceptors (Lipinski definition) is 7. The van der Waals surface area contributed by atoms with Crippen LogP contribution in [0.25, 0.3) is 27.9 Å². The van der Waals surface area contributed by atoms with Gasteiger partial charge in [0, 0.05) is 42.4 Å². The Bertz CT molecular complexity index is 1850. The summed E-state index contributed by atoms with van der Waals surface area (Å²) in [4.78, 5) is 15.7. The molecule has 0 radical (unpaired) electrons. The molecular formula is C41H50FN3O5. The summed E-state index contributed by atoms with van der Waals surface area (Å²) in [6, 6.07) is 14.5. The van der Waals surface area contributed by atoms with E-state index in [1.54, 1.807) is 18.2 Å². The summed E-state index contributed by atoms with van der Waals surface area (Å²) in [5.41, 5.74) is 5.44. The molecule has 1 aliphatic heterocycles. The number of ether oxygens (including phenoxy) is 4. The second-order valence-electron chi connectivity index (χ2n) is 14.3. The molecular weight excluding hydrogens is 633 g/mol. The number of aryl methyl sites for hydroxylation is 1. The van der Waals surface area contributed by atoms with Crippen LogP contribution in [0.15, 0.2) is 80.0 Å². The van der Waals surface area contributed by atoms with E-state index < -0.39 is 17.7 Å². The van der Waals surface area contributed by atoms with Crippen LogP contribution in [-0.2, 0) is 19.0 Å². The predicted molar refractivity (Wildman–Crippen MR) is 197 cm³/mol. The van der Waals surface area contributed by atoms with Crippen molar-refractivity contribution in [2.24, 2.45) is 0 Å². The van der Waals surface area contributed by atoms with Crippen molar-refractivity contribution in [3.8, 4) is 28.1 Å². The first-order chi connectivity index (χ1) is 23.8. The third-order valence-electron chi connectivity index (χ3n) is 9.05. The van der Waals surface area contributed by atoms with Crippen molar-refractivity contribution in [2.75, 3.05) is 31.7 Å². The molecule has 9 heteroatoms. The van der Waals surface area contributed by atoms with Crippen LogP contribution in [0.3, 0.4) is 0 Å². The number of fused-ring (bicyclic) bond motifs is 1. The molecule has 266 valence electrons. The van der Waals surface area contributed by atoms with Crippen LogP contribution in [0, 0.1) is 12.7 Å². The van der Waals surface area contributed by atoms with E-state index >= 15 is 0 Å². The lowest BCUT2D eigenvalue weighted by molar-refractivity contribution is -0.164. The van der Waals surface area contributed by atoms with Crippen molar-refractivity contribution in [1.82, 2.24) is 9.61 Å². The Hall–Kier alpha value is -4.47. The summed E-state index contributed by atoms with van der Waals surface area (Å²) < 4.78 is 40.6. The maximum absolute atomic E-state index is 14.6. The molecule has 1 saturated heterocycles. The fraction of sp³-hybridized carbons (Fsp3) is 0.415. The highest BCUT2D eigenvalue weighted by Gasteiger charge is 2.37. The summed E-state index contributed by atoms with van der Waals surface area (Å²) in [6.45, 7) is 21.4. The zero-order valence-electron chi connectivity index (χ0n) is 30.4. The summed E-state index contributed by atoms with van der Waals surface area (Å²) in [7, 11) is 1.39. The van der Waals surface area contributed by atoms with E-state index in [0.717, 1.165) is 52.0 Å². The molecule has 50 heavy (non-hydrogen) atoms. The number of piperidine rings is 1. The first-order valence-corrected chi connectivity index (χ1v) is 17.2. The molecule has 0 N–H and O–H groups in total. The van der Waals surface area contributed by atoms with Gasteiger partial charge in [-0.2, -0.15) is 5.10 Å². The zero-order chi connectivity index (χ0) is 36.2.